The minimum Gasteiger partial charge on any atom is -0.494 e. The molecule has 0 radical (unpaired) electrons. The van der Waals surface area contributed by atoms with Gasteiger partial charge in [0.25, 0.3) is 11.8 Å². The van der Waals surface area contributed by atoms with Crippen LogP contribution in [-0.2, 0) is 11.8 Å². The number of carboxylic acid groups (broad SMARTS) is 1. The second kappa shape index (κ2) is 15.6. The molecular formula is C34H42ClF2N8O6+. The number of ether oxygens (including phenoxy) is 1. The van der Waals surface area contributed by atoms with Crippen LogP contribution >= 0.6 is 11.6 Å². The lowest BCUT2D eigenvalue weighted by atomic mass is 10.1. The first kappa shape index (κ1) is 37.5. The van der Waals surface area contributed by atoms with E-state index < -0.39 is 23.5 Å². The number of methoxy groups -OCH3 is 1. The van der Waals surface area contributed by atoms with Crippen molar-refractivity contribution in [1.82, 2.24) is 29.2 Å². The fourth-order valence-corrected chi connectivity index (χ4v) is 6.68. The average Bonchev–Trinajstić information content (AvgIpc) is 3.49. The van der Waals surface area contributed by atoms with Gasteiger partial charge in [-0.25, -0.2) is 19.0 Å². The third-order valence-corrected chi connectivity index (χ3v) is 9.79. The number of piperazine rings is 2. The van der Waals surface area contributed by atoms with Gasteiger partial charge in [-0.1, -0.05) is 11.6 Å². The first-order valence-electron chi connectivity index (χ1n) is 16.4. The minimum absolute atomic E-state index is 0.0223. The Morgan fingerprint density at radius 2 is 1.63 bits per heavy atom. The highest BCUT2D eigenvalue weighted by Gasteiger charge is 2.38. The number of carboxylic acids is 1. The van der Waals surface area contributed by atoms with E-state index in [0.29, 0.717) is 63.4 Å². The molecule has 3 aromatic rings. The van der Waals surface area contributed by atoms with Gasteiger partial charge in [-0.05, 0) is 44.4 Å². The zero-order valence-corrected chi connectivity index (χ0v) is 29.8. The second-order valence-corrected chi connectivity index (χ2v) is 13.4. The maximum Gasteiger partial charge on any atom is 0.359 e. The average molecular weight is 732 g/mol. The van der Waals surface area contributed by atoms with E-state index in [4.69, 9.17) is 16.3 Å². The predicted molar refractivity (Wildman–Crippen MR) is 185 cm³/mol. The summed E-state index contributed by atoms with van der Waals surface area (Å²) in [5, 5.41) is 12.3. The van der Waals surface area contributed by atoms with E-state index in [2.05, 4.69) is 10.3 Å². The number of anilines is 1. The molecule has 2 aliphatic heterocycles. The number of halogens is 3. The topological polar surface area (TPSA) is 141 Å². The molecule has 0 atom stereocenters. The smallest absolute Gasteiger partial charge is 0.359 e. The molecule has 274 valence electrons. The molecule has 0 aliphatic carbocycles. The molecule has 5 rings (SSSR count). The third-order valence-electron chi connectivity index (χ3n) is 9.48. The minimum atomic E-state index is -1.16. The first-order chi connectivity index (χ1) is 24.2. The summed E-state index contributed by atoms with van der Waals surface area (Å²) in [7, 11) is 6.62. The van der Waals surface area contributed by atoms with Gasteiger partial charge in [0.1, 0.15) is 0 Å². The molecule has 0 spiro atoms. The first-order valence-corrected chi connectivity index (χ1v) is 16.8. The van der Waals surface area contributed by atoms with Crippen LogP contribution < -0.4 is 10.1 Å². The van der Waals surface area contributed by atoms with Crippen molar-refractivity contribution in [3.63, 3.8) is 0 Å². The molecule has 0 unspecified atom stereocenters. The summed E-state index contributed by atoms with van der Waals surface area (Å²) in [6, 6.07) is 6.96. The quantitative estimate of drug-likeness (QED) is 0.304. The van der Waals surface area contributed by atoms with Gasteiger partial charge in [0.15, 0.2) is 23.9 Å². The number of likely N-dealkylation sites (N-methyl/N-ethyl adjacent to an activating group) is 1. The number of imidazole rings is 1. The van der Waals surface area contributed by atoms with Crippen LogP contribution in [0.5, 0.6) is 5.75 Å². The number of rotatable bonds is 10. The number of aliphatic carboxylic acids is 1. The number of benzene rings is 2. The van der Waals surface area contributed by atoms with Gasteiger partial charge < -0.3 is 43.8 Å². The summed E-state index contributed by atoms with van der Waals surface area (Å²) in [6.45, 7) is 4.78. The van der Waals surface area contributed by atoms with Crippen LogP contribution in [0.3, 0.4) is 0 Å². The highest BCUT2D eigenvalue weighted by Crippen LogP contribution is 2.30. The van der Waals surface area contributed by atoms with Crippen LogP contribution in [0.15, 0.2) is 36.5 Å². The maximum atomic E-state index is 14.7. The molecule has 51 heavy (non-hydrogen) atoms. The molecular weight excluding hydrogens is 690 g/mol. The van der Waals surface area contributed by atoms with E-state index in [1.54, 1.807) is 14.7 Å². The fraction of sp³-hybridized carbons (Fsp3) is 0.441. The van der Waals surface area contributed by atoms with Gasteiger partial charge in [-0.15, -0.1) is 0 Å². The van der Waals surface area contributed by atoms with E-state index in [1.165, 1.54) is 55.3 Å². The van der Waals surface area contributed by atoms with Crippen molar-refractivity contribution in [2.24, 2.45) is 7.05 Å². The molecule has 1 aromatic heterocycles. The largest absolute Gasteiger partial charge is 0.494 e. The summed E-state index contributed by atoms with van der Waals surface area (Å²) >= 11 is 6.50. The van der Waals surface area contributed by atoms with Crippen molar-refractivity contribution in [3.8, 4) is 17.0 Å². The van der Waals surface area contributed by atoms with E-state index in [9.17, 15) is 33.1 Å². The number of hydrogen-bond acceptors (Lipinski definition) is 7. The molecule has 2 N–H and O–H groups in total. The van der Waals surface area contributed by atoms with Crippen LogP contribution in [0, 0.1) is 11.6 Å². The molecule has 17 heteroatoms. The van der Waals surface area contributed by atoms with Crippen LogP contribution in [0.1, 0.15) is 21.0 Å². The van der Waals surface area contributed by atoms with Crippen LogP contribution in [-0.4, -0.2) is 156 Å². The normalized spacial score (nSPS) is 16.0. The van der Waals surface area contributed by atoms with Crippen molar-refractivity contribution in [1.29, 1.82) is 0 Å². The third kappa shape index (κ3) is 8.24. The Morgan fingerprint density at radius 1 is 0.980 bits per heavy atom. The number of nitrogens with zero attached hydrogens (tertiary/aromatic N) is 7. The second-order valence-electron chi connectivity index (χ2n) is 13.0. The molecule has 14 nitrogen and oxygen atoms in total. The molecule has 4 amide bonds. The van der Waals surface area contributed by atoms with Crippen molar-refractivity contribution >= 4 is 41.1 Å². The number of hydrogen-bond donors (Lipinski definition) is 2. The predicted octanol–water partition coefficient (Wildman–Crippen LogP) is 2.94. The summed E-state index contributed by atoms with van der Waals surface area (Å²) in [4.78, 5) is 62.6. The Labute approximate surface area is 299 Å². The lowest BCUT2D eigenvalue weighted by Gasteiger charge is -2.45. The highest BCUT2D eigenvalue weighted by molar-refractivity contribution is 6.34. The molecule has 2 aromatic carbocycles. The number of amides is 4. The Bertz CT molecular complexity index is 1810. The standard InChI is InChI=1S/C34H41ClF2N8O6/c1-40(2)13-16-45(21-28(46)47)17-14-44(15-18-45)34(50)43-11-9-42(10-12-43)33(49)23-6-5-22(19-25(23)35)39-32(48)31-38-20-26(41(31)3)24-7-8-27(51-4)30(37)29(24)36/h5-8,19-20H,9-18,21H2,1-4H3,(H-,39,46,47,48,49)/p+1. The van der Waals surface area contributed by atoms with Gasteiger partial charge >= 0.3 is 12.0 Å². The van der Waals surface area contributed by atoms with E-state index in [-0.39, 0.29) is 57.6 Å². The fourth-order valence-electron chi connectivity index (χ4n) is 6.42. The van der Waals surface area contributed by atoms with Gasteiger partial charge in [-0.2, -0.15) is 4.39 Å². The summed E-state index contributed by atoms with van der Waals surface area (Å²) in [5.74, 6) is -4.42. The number of quaternary nitrogens is 1. The highest BCUT2D eigenvalue weighted by atomic mass is 35.5. The maximum absolute atomic E-state index is 14.7. The van der Waals surface area contributed by atoms with Crippen molar-refractivity contribution in [3.05, 3.63) is 64.6 Å². The van der Waals surface area contributed by atoms with Gasteiger partial charge in [-0.3, -0.25) is 9.59 Å². The van der Waals surface area contributed by atoms with Crippen LogP contribution in [0.4, 0.5) is 19.3 Å². The number of urea groups is 1. The summed E-state index contributed by atoms with van der Waals surface area (Å²) in [6.07, 6.45) is 1.26. The molecule has 3 heterocycles. The summed E-state index contributed by atoms with van der Waals surface area (Å²) < 4.78 is 35.6. The number of carbonyl (C=O) groups is 4. The van der Waals surface area contributed by atoms with E-state index in [0.717, 1.165) is 6.54 Å². The molecule has 2 saturated heterocycles. The number of aromatic nitrogens is 2. The molecule has 0 bridgehead atoms. The monoisotopic (exact) mass is 731 g/mol. The Morgan fingerprint density at radius 3 is 2.24 bits per heavy atom. The van der Waals surface area contributed by atoms with Crippen LogP contribution in [0.2, 0.25) is 5.02 Å². The number of carbonyl (C=O) groups excluding carboxylic acids is 3. The molecule has 2 fully saturated rings. The zero-order valence-electron chi connectivity index (χ0n) is 29.0. The van der Waals surface area contributed by atoms with Crippen molar-refractivity contribution in [2.75, 3.05) is 98.5 Å². The SMILES string of the molecule is COc1ccc(-c2cnc(C(=O)Nc3ccc(C(=O)N4CCN(C(=O)N5CC[N+](CCN(C)C)(CC(=O)O)CC5)CC4)c(Cl)c3)n2C)c(F)c1F. The van der Waals surface area contributed by atoms with E-state index in [1.807, 2.05) is 19.0 Å². The Balaban J connectivity index is 1.16. The van der Waals surface area contributed by atoms with Crippen LogP contribution in [0.25, 0.3) is 11.3 Å². The Kier molecular flexibility index (Phi) is 11.5. The molecule has 2 aliphatic rings. The van der Waals surface area contributed by atoms with Gasteiger partial charge in [0.2, 0.25) is 5.82 Å². The van der Waals surface area contributed by atoms with Gasteiger partial charge in [0, 0.05) is 51.0 Å². The van der Waals surface area contributed by atoms with E-state index >= 15 is 0 Å². The van der Waals surface area contributed by atoms with Gasteiger partial charge in [0.05, 0.1) is 62.3 Å². The Hall–Kier alpha value is -4.80. The van der Waals surface area contributed by atoms with Crippen molar-refractivity contribution < 1.29 is 42.3 Å². The molecule has 0 saturated carbocycles. The lowest BCUT2D eigenvalue weighted by molar-refractivity contribution is -0.924. The zero-order chi connectivity index (χ0) is 37.0. The number of nitrogens with one attached hydrogen (secondary N) is 1. The van der Waals surface area contributed by atoms with Crippen molar-refractivity contribution in [2.45, 2.75) is 0 Å². The lowest BCUT2D eigenvalue weighted by Crippen LogP contribution is -2.65. The summed E-state index contributed by atoms with van der Waals surface area (Å²) in [5.41, 5.74) is 0.590.